The third-order valence-corrected chi connectivity index (χ3v) is 7.31. The quantitative estimate of drug-likeness (QED) is 0.298. The topological polar surface area (TPSA) is 62.8 Å². The molecule has 2 N–H and O–H groups in total. The maximum absolute atomic E-state index is 13.4. The van der Waals surface area contributed by atoms with Crippen LogP contribution in [-0.4, -0.2) is 37.1 Å². The second-order valence-electron chi connectivity index (χ2n) is 10.7. The molecule has 39 heavy (non-hydrogen) atoms. The second kappa shape index (κ2) is 12.0. The molecule has 2 aliphatic heterocycles. The molecule has 0 bridgehead atoms. The number of ether oxygens (including phenoxy) is 2. The van der Waals surface area contributed by atoms with Crippen molar-refractivity contribution in [2.45, 2.75) is 40.7 Å². The molecule has 2 atom stereocenters. The molecule has 2 unspecified atom stereocenters. The predicted octanol–water partition coefficient (Wildman–Crippen LogP) is 6.89. The third kappa shape index (κ3) is 6.12. The summed E-state index contributed by atoms with van der Waals surface area (Å²) in [4.78, 5) is 16.0. The Morgan fingerprint density at radius 1 is 0.923 bits per heavy atom. The van der Waals surface area contributed by atoms with Gasteiger partial charge in [-0.2, -0.15) is 0 Å². The molecule has 0 spiro atoms. The van der Waals surface area contributed by atoms with E-state index in [9.17, 15) is 4.79 Å². The van der Waals surface area contributed by atoms with Gasteiger partial charge in [0.2, 0.25) is 0 Å². The van der Waals surface area contributed by atoms with Gasteiger partial charge in [0.25, 0.3) is 5.91 Å². The normalized spacial score (nSPS) is 20.3. The van der Waals surface area contributed by atoms with Gasteiger partial charge in [-0.05, 0) is 61.4 Å². The van der Waals surface area contributed by atoms with Crippen LogP contribution in [0.5, 0.6) is 11.5 Å². The number of hydrogen-bond donors (Lipinski definition) is 2. The van der Waals surface area contributed by atoms with Gasteiger partial charge in [-0.1, -0.05) is 56.3 Å². The largest absolute Gasteiger partial charge is 0.490 e. The van der Waals surface area contributed by atoms with Crippen LogP contribution in [0.2, 0.25) is 0 Å². The highest BCUT2D eigenvalue weighted by atomic mass is 16.5. The molecule has 204 valence electrons. The van der Waals surface area contributed by atoms with E-state index < -0.39 is 0 Å². The summed E-state index contributed by atoms with van der Waals surface area (Å²) in [5.74, 6) is 2.58. The molecule has 0 saturated carbocycles. The van der Waals surface area contributed by atoms with Gasteiger partial charge in [0.05, 0.1) is 30.2 Å². The molecule has 0 aromatic heterocycles. The molecule has 0 aliphatic carbocycles. The Bertz CT molecular complexity index is 1320. The van der Waals surface area contributed by atoms with Crippen LogP contribution in [0.1, 0.15) is 50.8 Å². The van der Waals surface area contributed by atoms with E-state index in [2.05, 4.69) is 53.6 Å². The van der Waals surface area contributed by atoms with E-state index in [4.69, 9.17) is 9.47 Å². The van der Waals surface area contributed by atoms with Crippen molar-refractivity contribution >= 4 is 28.6 Å². The van der Waals surface area contributed by atoms with E-state index in [0.29, 0.717) is 30.3 Å². The summed E-state index contributed by atoms with van der Waals surface area (Å²) in [6.45, 7) is 12.8. The highest BCUT2D eigenvalue weighted by Crippen LogP contribution is 2.43. The summed E-state index contributed by atoms with van der Waals surface area (Å²) < 4.78 is 11.7. The van der Waals surface area contributed by atoms with Crippen LogP contribution in [0.15, 0.2) is 66.7 Å². The number of likely N-dealkylation sites (tertiary alicyclic amines) is 1. The number of nitrogens with zero attached hydrogens (tertiary/aromatic N) is 1. The van der Waals surface area contributed by atoms with Gasteiger partial charge in [-0.25, -0.2) is 0 Å². The highest BCUT2D eigenvalue weighted by molar-refractivity contribution is 6.37. The van der Waals surface area contributed by atoms with Crippen molar-refractivity contribution in [3.63, 3.8) is 0 Å². The first-order valence-electron chi connectivity index (χ1n) is 14.1. The number of carbonyl (C=O) groups is 1. The van der Waals surface area contributed by atoms with E-state index in [1.807, 2.05) is 56.3 Å². The van der Waals surface area contributed by atoms with E-state index in [1.165, 1.54) is 12.0 Å². The smallest absolute Gasteiger partial charge is 0.258 e. The van der Waals surface area contributed by atoms with Crippen molar-refractivity contribution in [3.05, 3.63) is 83.4 Å². The molecular formula is C33H39N3O3. The number of piperidine rings is 1. The number of hydrogen-bond acceptors (Lipinski definition) is 5. The van der Waals surface area contributed by atoms with Crippen molar-refractivity contribution < 1.29 is 14.3 Å². The summed E-state index contributed by atoms with van der Waals surface area (Å²) in [6, 6.07) is 22.3. The minimum absolute atomic E-state index is 0.155. The third-order valence-electron chi connectivity index (χ3n) is 7.31. The summed E-state index contributed by atoms with van der Waals surface area (Å²) in [7, 11) is 0. The van der Waals surface area contributed by atoms with Crippen molar-refractivity contribution in [1.29, 1.82) is 0 Å². The van der Waals surface area contributed by atoms with Crippen LogP contribution >= 0.6 is 0 Å². The van der Waals surface area contributed by atoms with E-state index in [-0.39, 0.29) is 5.91 Å². The first kappa shape index (κ1) is 26.8. The molecule has 6 heteroatoms. The zero-order valence-corrected chi connectivity index (χ0v) is 23.4. The molecular weight excluding hydrogens is 486 g/mol. The minimum Gasteiger partial charge on any atom is -0.490 e. The molecule has 2 heterocycles. The Kier molecular flexibility index (Phi) is 8.22. The molecule has 2 aliphatic rings. The number of benzene rings is 3. The van der Waals surface area contributed by atoms with Crippen LogP contribution in [0.4, 0.5) is 11.4 Å². The van der Waals surface area contributed by atoms with Crippen molar-refractivity contribution in [2.24, 2.45) is 11.8 Å². The Morgan fingerprint density at radius 3 is 2.21 bits per heavy atom. The molecule has 0 radical (unpaired) electrons. The van der Waals surface area contributed by atoms with Crippen molar-refractivity contribution in [1.82, 2.24) is 4.90 Å². The number of nitrogens with one attached hydrogen (secondary N) is 2. The number of fused-ring (bicyclic) bond motifs is 1. The lowest BCUT2D eigenvalue weighted by Crippen LogP contribution is -2.38. The van der Waals surface area contributed by atoms with Crippen LogP contribution < -0.4 is 20.1 Å². The van der Waals surface area contributed by atoms with E-state index >= 15 is 0 Å². The van der Waals surface area contributed by atoms with Crippen LogP contribution in [0, 0.1) is 11.8 Å². The van der Waals surface area contributed by atoms with Crippen LogP contribution in [-0.2, 0) is 11.3 Å². The van der Waals surface area contributed by atoms with Gasteiger partial charge in [-0.3, -0.25) is 9.69 Å². The lowest BCUT2D eigenvalue weighted by atomic mass is 9.91. The van der Waals surface area contributed by atoms with Gasteiger partial charge < -0.3 is 20.1 Å². The highest BCUT2D eigenvalue weighted by Gasteiger charge is 2.30. The second-order valence-corrected chi connectivity index (χ2v) is 10.7. The van der Waals surface area contributed by atoms with Gasteiger partial charge in [0.1, 0.15) is 0 Å². The molecule has 3 aromatic rings. The average molecular weight is 526 g/mol. The van der Waals surface area contributed by atoms with Crippen molar-refractivity contribution in [3.8, 4) is 11.5 Å². The monoisotopic (exact) mass is 525 g/mol. The number of amides is 1. The molecule has 3 aromatic carbocycles. The maximum atomic E-state index is 13.4. The average Bonchev–Trinajstić information content (AvgIpc) is 3.23. The molecule has 5 rings (SSSR count). The number of rotatable bonds is 9. The molecule has 1 saturated heterocycles. The zero-order valence-electron chi connectivity index (χ0n) is 23.4. The summed E-state index contributed by atoms with van der Waals surface area (Å²) in [5.41, 5.74) is 6.01. The van der Waals surface area contributed by atoms with Crippen LogP contribution in [0.25, 0.3) is 11.3 Å². The fourth-order valence-corrected chi connectivity index (χ4v) is 5.86. The Labute approximate surface area is 232 Å². The fraction of sp³-hybridized carbons (Fsp3) is 0.364. The van der Waals surface area contributed by atoms with E-state index in [1.54, 1.807) is 0 Å². The van der Waals surface area contributed by atoms with Gasteiger partial charge >= 0.3 is 0 Å². The molecule has 1 fully saturated rings. The SMILES string of the molecule is CCOc1cc2c(cc1OCC)C(=C(Nc1ccc(CN3CC(C)CC(C)C3)cc1)c1ccccc1)C(=O)N2. The standard InChI is InChI=1S/C33H39N3O3/c1-5-38-29-17-27-28(18-30(29)39-6-2)35-33(37)31(27)32(25-10-8-7-9-11-25)34-26-14-12-24(13-15-26)21-36-19-22(3)16-23(4)20-36/h7-15,17-18,22-23,34H,5-6,16,19-21H2,1-4H3,(H,35,37). The van der Waals surface area contributed by atoms with Crippen LogP contribution in [0.3, 0.4) is 0 Å². The number of carbonyl (C=O) groups excluding carboxylic acids is 1. The lowest BCUT2D eigenvalue weighted by Gasteiger charge is -2.35. The predicted molar refractivity (Wildman–Crippen MR) is 159 cm³/mol. The summed E-state index contributed by atoms with van der Waals surface area (Å²) in [5, 5.41) is 6.61. The first-order chi connectivity index (χ1) is 18.9. The Morgan fingerprint density at radius 2 is 1.56 bits per heavy atom. The molecule has 6 nitrogen and oxygen atoms in total. The van der Waals surface area contributed by atoms with E-state index in [0.717, 1.165) is 59.7 Å². The zero-order chi connectivity index (χ0) is 27.4. The fourth-order valence-electron chi connectivity index (χ4n) is 5.86. The van der Waals surface area contributed by atoms with Gasteiger partial charge in [-0.15, -0.1) is 0 Å². The maximum Gasteiger partial charge on any atom is 0.258 e. The first-order valence-corrected chi connectivity index (χ1v) is 14.1. The Balaban J connectivity index is 1.48. The van der Waals surface area contributed by atoms with Crippen molar-refractivity contribution in [2.75, 3.05) is 36.9 Å². The minimum atomic E-state index is -0.155. The summed E-state index contributed by atoms with van der Waals surface area (Å²) >= 11 is 0. The molecule has 1 amide bonds. The van der Waals surface area contributed by atoms with Gasteiger partial charge in [0, 0.05) is 37.0 Å². The number of anilines is 2. The van der Waals surface area contributed by atoms with Gasteiger partial charge in [0.15, 0.2) is 11.5 Å². The lowest BCUT2D eigenvalue weighted by molar-refractivity contribution is -0.110. The summed E-state index contributed by atoms with van der Waals surface area (Å²) in [6.07, 6.45) is 1.31. The Hall–Kier alpha value is -3.77.